The Bertz CT molecular complexity index is 512. The summed E-state index contributed by atoms with van der Waals surface area (Å²) >= 11 is 0. The monoisotopic (exact) mass is 215 g/mol. The molecular weight excluding hydrogens is 198 g/mol. The van der Waals surface area contributed by atoms with Crippen LogP contribution in [0.4, 0.5) is 5.69 Å². The molecule has 0 atom stereocenters. The Morgan fingerprint density at radius 1 is 1.25 bits per heavy atom. The maximum Gasteiger partial charge on any atom is 0.0672 e. The van der Waals surface area contributed by atoms with Crippen molar-refractivity contribution in [1.82, 2.24) is 9.78 Å². The lowest BCUT2D eigenvalue weighted by atomic mass is 10.0. The summed E-state index contributed by atoms with van der Waals surface area (Å²) in [6.07, 6.45) is 2.05. The number of hydrogen-bond donors (Lipinski definition) is 1. The van der Waals surface area contributed by atoms with E-state index in [-0.39, 0.29) is 0 Å². The molecule has 0 unspecified atom stereocenters. The average molecular weight is 215 g/mol. The SMILES string of the molecule is CCn1cc(-c2ccc(C)cc2N)c(C)n1. The molecule has 0 saturated heterocycles. The molecule has 0 spiro atoms. The zero-order chi connectivity index (χ0) is 11.7. The van der Waals surface area contributed by atoms with Crippen LogP contribution < -0.4 is 5.73 Å². The van der Waals surface area contributed by atoms with Gasteiger partial charge in [0.25, 0.3) is 0 Å². The van der Waals surface area contributed by atoms with E-state index in [9.17, 15) is 0 Å². The van der Waals surface area contributed by atoms with E-state index in [0.717, 1.165) is 29.1 Å². The number of rotatable bonds is 2. The highest BCUT2D eigenvalue weighted by Crippen LogP contribution is 2.28. The van der Waals surface area contributed by atoms with Crippen LogP contribution in [0, 0.1) is 13.8 Å². The third kappa shape index (κ3) is 1.81. The molecule has 0 aliphatic rings. The molecule has 0 aliphatic carbocycles. The predicted octanol–water partition coefficient (Wildman–Crippen LogP) is 2.77. The Hall–Kier alpha value is -1.77. The number of aryl methyl sites for hydroxylation is 3. The smallest absolute Gasteiger partial charge is 0.0672 e. The van der Waals surface area contributed by atoms with Gasteiger partial charge >= 0.3 is 0 Å². The van der Waals surface area contributed by atoms with Gasteiger partial charge in [0, 0.05) is 29.6 Å². The van der Waals surface area contributed by atoms with Crippen LogP contribution >= 0.6 is 0 Å². The van der Waals surface area contributed by atoms with Crippen molar-refractivity contribution in [3.8, 4) is 11.1 Å². The number of hydrogen-bond acceptors (Lipinski definition) is 2. The molecule has 0 fully saturated rings. The highest BCUT2D eigenvalue weighted by atomic mass is 15.3. The molecule has 1 aromatic heterocycles. The topological polar surface area (TPSA) is 43.8 Å². The number of anilines is 1. The van der Waals surface area contributed by atoms with Gasteiger partial charge in [-0.1, -0.05) is 12.1 Å². The van der Waals surface area contributed by atoms with E-state index in [1.165, 1.54) is 5.56 Å². The van der Waals surface area contributed by atoms with Crippen molar-refractivity contribution in [1.29, 1.82) is 0 Å². The molecule has 16 heavy (non-hydrogen) atoms. The molecule has 2 aromatic rings. The summed E-state index contributed by atoms with van der Waals surface area (Å²) in [5.74, 6) is 0. The molecule has 1 heterocycles. The number of aromatic nitrogens is 2. The predicted molar refractivity (Wildman–Crippen MR) is 67.2 cm³/mol. The summed E-state index contributed by atoms with van der Waals surface area (Å²) in [7, 11) is 0. The summed E-state index contributed by atoms with van der Waals surface area (Å²) in [5, 5.41) is 4.43. The molecule has 0 bridgehead atoms. The first kappa shape index (κ1) is 10.7. The second-order valence-corrected chi connectivity index (χ2v) is 4.07. The molecule has 0 saturated carbocycles. The fourth-order valence-corrected chi connectivity index (χ4v) is 1.87. The molecule has 0 radical (unpaired) electrons. The standard InChI is InChI=1S/C13H17N3/c1-4-16-8-12(10(3)15-16)11-6-5-9(2)7-13(11)14/h5-8H,4,14H2,1-3H3. The lowest BCUT2D eigenvalue weighted by Gasteiger charge is -2.05. The van der Waals surface area contributed by atoms with Crippen LogP contribution in [-0.2, 0) is 6.54 Å². The highest BCUT2D eigenvalue weighted by Gasteiger charge is 2.09. The van der Waals surface area contributed by atoms with Crippen molar-refractivity contribution < 1.29 is 0 Å². The first-order chi connectivity index (χ1) is 7.61. The second kappa shape index (κ2) is 4.00. The van der Waals surface area contributed by atoms with Gasteiger partial charge in [0.15, 0.2) is 0 Å². The molecule has 3 heteroatoms. The van der Waals surface area contributed by atoms with Crippen LogP contribution in [0.15, 0.2) is 24.4 Å². The fraction of sp³-hybridized carbons (Fsp3) is 0.308. The van der Waals surface area contributed by atoms with Crippen molar-refractivity contribution in [3.05, 3.63) is 35.7 Å². The third-order valence-electron chi connectivity index (χ3n) is 2.77. The van der Waals surface area contributed by atoms with Crippen LogP contribution in [0.5, 0.6) is 0 Å². The largest absolute Gasteiger partial charge is 0.398 e. The number of nitrogens with two attached hydrogens (primary N) is 1. The van der Waals surface area contributed by atoms with E-state index >= 15 is 0 Å². The quantitative estimate of drug-likeness (QED) is 0.783. The summed E-state index contributed by atoms with van der Waals surface area (Å²) in [4.78, 5) is 0. The van der Waals surface area contributed by atoms with E-state index in [0.29, 0.717) is 0 Å². The summed E-state index contributed by atoms with van der Waals surface area (Å²) in [6, 6.07) is 6.14. The van der Waals surface area contributed by atoms with Gasteiger partial charge < -0.3 is 5.73 Å². The molecule has 84 valence electrons. The molecule has 2 rings (SSSR count). The van der Waals surface area contributed by atoms with Gasteiger partial charge in [0.05, 0.1) is 5.69 Å². The Kier molecular flexibility index (Phi) is 2.69. The third-order valence-corrected chi connectivity index (χ3v) is 2.77. The minimum atomic E-state index is 0.818. The Balaban J connectivity index is 2.53. The molecule has 2 N–H and O–H groups in total. The Morgan fingerprint density at radius 3 is 2.56 bits per heavy atom. The zero-order valence-electron chi connectivity index (χ0n) is 9.99. The maximum absolute atomic E-state index is 6.04. The maximum atomic E-state index is 6.04. The van der Waals surface area contributed by atoms with E-state index in [1.807, 2.05) is 24.6 Å². The van der Waals surface area contributed by atoms with Gasteiger partial charge in [-0.3, -0.25) is 4.68 Å². The number of nitrogens with zero attached hydrogens (tertiary/aromatic N) is 2. The summed E-state index contributed by atoms with van der Waals surface area (Å²) < 4.78 is 1.93. The summed E-state index contributed by atoms with van der Waals surface area (Å²) in [5.41, 5.74) is 11.3. The van der Waals surface area contributed by atoms with Gasteiger partial charge in [-0.05, 0) is 32.4 Å². The van der Waals surface area contributed by atoms with Crippen LogP contribution in [0.1, 0.15) is 18.2 Å². The van der Waals surface area contributed by atoms with Gasteiger partial charge in [0.2, 0.25) is 0 Å². The Morgan fingerprint density at radius 2 is 2.00 bits per heavy atom. The molecule has 3 nitrogen and oxygen atoms in total. The van der Waals surface area contributed by atoms with E-state index in [2.05, 4.69) is 30.4 Å². The van der Waals surface area contributed by atoms with E-state index < -0.39 is 0 Å². The number of nitrogen functional groups attached to an aromatic ring is 1. The Labute approximate surface area is 95.9 Å². The van der Waals surface area contributed by atoms with Crippen molar-refractivity contribution in [3.63, 3.8) is 0 Å². The fourth-order valence-electron chi connectivity index (χ4n) is 1.87. The van der Waals surface area contributed by atoms with Crippen LogP contribution in [0.2, 0.25) is 0 Å². The average Bonchev–Trinajstić information content (AvgIpc) is 2.60. The first-order valence-corrected chi connectivity index (χ1v) is 5.52. The van der Waals surface area contributed by atoms with Gasteiger partial charge in [-0.25, -0.2) is 0 Å². The van der Waals surface area contributed by atoms with Crippen molar-refractivity contribution in [2.24, 2.45) is 0 Å². The van der Waals surface area contributed by atoms with Crippen molar-refractivity contribution in [2.45, 2.75) is 27.3 Å². The van der Waals surface area contributed by atoms with E-state index in [4.69, 9.17) is 5.73 Å². The second-order valence-electron chi connectivity index (χ2n) is 4.07. The molecule has 1 aromatic carbocycles. The minimum absolute atomic E-state index is 0.818. The summed E-state index contributed by atoms with van der Waals surface area (Å²) in [6.45, 7) is 7.02. The van der Waals surface area contributed by atoms with Crippen LogP contribution in [0.25, 0.3) is 11.1 Å². The van der Waals surface area contributed by atoms with Gasteiger partial charge in [-0.15, -0.1) is 0 Å². The van der Waals surface area contributed by atoms with Gasteiger partial charge in [-0.2, -0.15) is 5.10 Å². The lowest BCUT2D eigenvalue weighted by molar-refractivity contribution is 0.653. The molecular formula is C13H17N3. The van der Waals surface area contributed by atoms with Crippen molar-refractivity contribution in [2.75, 3.05) is 5.73 Å². The number of benzene rings is 1. The zero-order valence-corrected chi connectivity index (χ0v) is 9.99. The first-order valence-electron chi connectivity index (χ1n) is 5.52. The van der Waals surface area contributed by atoms with Crippen molar-refractivity contribution >= 4 is 5.69 Å². The molecule has 0 amide bonds. The normalized spacial score (nSPS) is 10.7. The van der Waals surface area contributed by atoms with Crippen LogP contribution in [-0.4, -0.2) is 9.78 Å². The molecule has 0 aliphatic heterocycles. The van der Waals surface area contributed by atoms with E-state index in [1.54, 1.807) is 0 Å². The highest BCUT2D eigenvalue weighted by molar-refractivity contribution is 5.77. The lowest BCUT2D eigenvalue weighted by Crippen LogP contribution is -1.93. The minimum Gasteiger partial charge on any atom is -0.398 e. The van der Waals surface area contributed by atoms with Gasteiger partial charge in [0.1, 0.15) is 0 Å². The van der Waals surface area contributed by atoms with Crippen LogP contribution in [0.3, 0.4) is 0 Å².